The molecule has 0 radical (unpaired) electrons. The van der Waals surface area contributed by atoms with Crippen LogP contribution in [0, 0.1) is 11.8 Å². The number of hydrogen-bond donors (Lipinski definition) is 3. The Morgan fingerprint density at radius 2 is 1.66 bits per heavy atom. The maximum atomic E-state index is 12.9. The summed E-state index contributed by atoms with van der Waals surface area (Å²) < 4.78 is 10.9. The van der Waals surface area contributed by atoms with E-state index in [4.69, 9.17) is 9.15 Å². The monoisotopic (exact) mass is 445 g/mol. The molecule has 1 heterocycles. The molecule has 8 heteroatoms. The molecule has 2 aromatic rings. The number of rotatable bonds is 8. The van der Waals surface area contributed by atoms with E-state index in [2.05, 4.69) is 16.0 Å². The quantitative estimate of drug-likeness (QED) is 0.572. The fourth-order valence-electron chi connectivity index (χ4n) is 3.08. The zero-order chi connectivity index (χ0) is 24.1. The number of ether oxygens (including phenoxy) is 1. The van der Waals surface area contributed by atoms with Gasteiger partial charge in [0.2, 0.25) is 5.91 Å². The molecular formula is C24H35N3O5. The summed E-state index contributed by atoms with van der Waals surface area (Å²) in [5.74, 6) is -0.577. The Morgan fingerprint density at radius 1 is 1.00 bits per heavy atom. The molecule has 2 atom stereocenters. The van der Waals surface area contributed by atoms with Gasteiger partial charge in [-0.3, -0.25) is 9.59 Å². The molecule has 32 heavy (non-hydrogen) atoms. The Labute approximate surface area is 189 Å². The second-order valence-electron chi connectivity index (χ2n) is 9.59. The Bertz CT molecular complexity index is 910. The lowest BCUT2D eigenvalue weighted by atomic mass is 10.00. The molecule has 1 aromatic carbocycles. The molecular weight excluding hydrogens is 410 g/mol. The Hall–Kier alpha value is -3.03. The van der Waals surface area contributed by atoms with Gasteiger partial charge in [0, 0.05) is 18.0 Å². The van der Waals surface area contributed by atoms with Crippen LogP contribution in [0.1, 0.15) is 59.0 Å². The van der Waals surface area contributed by atoms with Gasteiger partial charge in [-0.15, -0.1) is 0 Å². The highest BCUT2D eigenvalue weighted by Gasteiger charge is 2.29. The minimum atomic E-state index is -0.767. The molecule has 176 valence electrons. The van der Waals surface area contributed by atoms with E-state index in [1.165, 1.54) is 0 Å². The maximum Gasteiger partial charge on any atom is 0.408 e. The summed E-state index contributed by atoms with van der Waals surface area (Å²) in [6.07, 6.45) is -0.648. The summed E-state index contributed by atoms with van der Waals surface area (Å²) in [5, 5.41) is 9.27. The number of fused-ring (bicyclic) bond motifs is 1. The first-order valence-electron chi connectivity index (χ1n) is 10.9. The highest BCUT2D eigenvalue weighted by Crippen LogP contribution is 2.18. The zero-order valence-corrected chi connectivity index (χ0v) is 19.9. The van der Waals surface area contributed by atoms with E-state index in [1.807, 2.05) is 45.9 Å². The van der Waals surface area contributed by atoms with Crippen LogP contribution in [0.5, 0.6) is 0 Å². The Morgan fingerprint density at radius 3 is 2.22 bits per heavy atom. The number of alkyl carbamates (subject to hydrolysis) is 1. The third kappa shape index (κ3) is 7.28. The van der Waals surface area contributed by atoms with Gasteiger partial charge in [-0.05, 0) is 44.7 Å². The van der Waals surface area contributed by atoms with Crippen molar-refractivity contribution in [3.05, 3.63) is 36.1 Å². The predicted molar refractivity (Wildman–Crippen MR) is 123 cm³/mol. The van der Waals surface area contributed by atoms with Crippen LogP contribution < -0.4 is 16.0 Å². The van der Waals surface area contributed by atoms with Crippen LogP contribution in [0.25, 0.3) is 11.0 Å². The van der Waals surface area contributed by atoms with Crippen molar-refractivity contribution in [1.29, 1.82) is 0 Å². The largest absolute Gasteiger partial charge is 0.451 e. The number of hydrogen-bond acceptors (Lipinski definition) is 5. The number of para-hydroxylation sites is 1. The minimum Gasteiger partial charge on any atom is -0.451 e. The van der Waals surface area contributed by atoms with Gasteiger partial charge in [-0.25, -0.2) is 4.79 Å². The highest BCUT2D eigenvalue weighted by molar-refractivity contribution is 5.96. The topological polar surface area (TPSA) is 110 Å². The van der Waals surface area contributed by atoms with Crippen molar-refractivity contribution in [3.63, 3.8) is 0 Å². The number of carbonyl (C=O) groups is 3. The second-order valence-corrected chi connectivity index (χ2v) is 9.59. The van der Waals surface area contributed by atoms with E-state index in [0.29, 0.717) is 5.58 Å². The summed E-state index contributed by atoms with van der Waals surface area (Å²) >= 11 is 0. The van der Waals surface area contributed by atoms with Gasteiger partial charge in [-0.1, -0.05) is 45.9 Å². The van der Waals surface area contributed by atoms with Crippen LogP contribution in [-0.2, 0) is 9.53 Å². The molecule has 3 N–H and O–H groups in total. The third-order valence-electron chi connectivity index (χ3n) is 4.89. The van der Waals surface area contributed by atoms with Gasteiger partial charge in [0.25, 0.3) is 5.91 Å². The highest BCUT2D eigenvalue weighted by atomic mass is 16.6. The lowest BCUT2D eigenvalue weighted by Gasteiger charge is -2.28. The van der Waals surface area contributed by atoms with Crippen LogP contribution in [0.4, 0.5) is 4.79 Å². The van der Waals surface area contributed by atoms with Gasteiger partial charge in [-0.2, -0.15) is 0 Å². The molecule has 0 aliphatic rings. The van der Waals surface area contributed by atoms with Crippen molar-refractivity contribution in [2.24, 2.45) is 11.8 Å². The van der Waals surface area contributed by atoms with Crippen molar-refractivity contribution in [2.45, 2.75) is 66.2 Å². The first-order chi connectivity index (χ1) is 14.9. The van der Waals surface area contributed by atoms with E-state index >= 15 is 0 Å². The smallest absolute Gasteiger partial charge is 0.408 e. The predicted octanol–water partition coefficient (Wildman–Crippen LogP) is 3.85. The molecule has 3 amide bonds. The molecule has 8 nitrogen and oxygen atoms in total. The van der Waals surface area contributed by atoms with E-state index in [1.54, 1.807) is 32.9 Å². The van der Waals surface area contributed by atoms with Crippen LogP contribution in [-0.4, -0.2) is 42.1 Å². The van der Waals surface area contributed by atoms with Gasteiger partial charge >= 0.3 is 6.09 Å². The maximum absolute atomic E-state index is 12.9. The van der Waals surface area contributed by atoms with E-state index in [0.717, 1.165) is 5.39 Å². The van der Waals surface area contributed by atoms with Gasteiger partial charge < -0.3 is 25.1 Å². The zero-order valence-electron chi connectivity index (χ0n) is 19.9. The summed E-state index contributed by atoms with van der Waals surface area (Å²) in [6.45, 7) is 13.1. The number of carbonyl (C=O) groups excluding carboxylic acids is 3. The van der Waals surface area contributed by atoms with Gasteiger partial charge in [0.05, 0.1) is 0 Å². The number of furan rings is 1. The van der Waals surface area contributed by atoms with Crippen LogP contribution in [0.15, 0.2) is 34.7 Å². The third-order valence-corrected chi connectivity index (χ3v) is 4.89. The van der Waals surface area contributed by atoms with Crippen molar-refractivity contribution in [1.82, 2.24) is 16.0 Å². The minimum absolute atomic E-state index is 0.0456. The van der Waals surface area contributed by atoms with Gasteiger partial charge in [0.1, 0.15) is 17.2 Å². The SMILES string of the molecule is CC(C)C(CNC(=O)c1cc2ccccc2o1)NC(=O)C(NC(=O)OC(C)(C)C)C(C)C. The lowest BCUT2D eigenvalue weighted by molar-refractivity contribution is -0.125. The molecule has 0 saturated heterocycles. The van der Waals surface area contributed by atoms with Crippen LogP contribution in [0.2, 0.25) is 0 Å². The lowest BCUT2D eigenvalue weighted by Crippen LogP contribution is -2.55. The van der Waals surface area contributed by atoms with E-state index in [-0.39, 0.29) is 42.0 Å². The Balaban J connectivity index is 2.00. The van der Waals surface area contributed by atoms with Crippen LogP contribution in [0.3, 0.4) is 0 Å². The summed E-state index contributed by atoms with van der Waals surface area (Å²) in [5.41, 5.74) is -0.0249. The average Bonchev–Trinajstić information content (AvgIpc) is 3.11. The molecule has 2 unspecified atom stereocenters. The summed E-state index contributed by atoms with van der Waals surface area (Å²) in [7, 11) is 0. The molecule has 0 aliphatic carbocycles. The molecule has 0 bridgehead atoms. The Kier molecular flexibility index (Phi) is 8.30. The molecule has 0 fully saturated rings. The van der Waals surface area contributed by atoms with E-state index < -0.39 is 17.7 Å². The van der Waals surface area contributed by atoms with E-state index in [9.17, 15) is 14.4 Å². The van der Waals surface area contributed by atoms with Gasteiger partial charge in [0.15, 0.2) is 5.76 Å². The van der Waals surface area contributed by atoms with Crippen LogP contribution >= 0.6 is 0 Å². The molecule has 0 aliphatic heterocycles. The van der Waals surface area contributed by atoms with Crippen molar-refractivity contribution in [3.8, 4) is 0 Å². The van der Waals surface area contributed by atoms with Crippen molar-refractivity contribution < 1.29 is 23.5 Å². The fourth-order valence-corrected chi connectivity index (χ4v) is 3.08. The van der Waals surface area contributed by atoms with Crippen molar-refractivity contribution >= 4 is 28.9 Å². The first kappa shape index (κ1) is 25.2. The first-order valence-corrected chi connectivity index (χ1v) is 10.9. The standard InChI is InChI=1S/C24H35N3O5/c1-14(2)17(13-25-21(28)19-12-16-10-8-9-11-18(16)31-19)26-22(29)20(15(3)4)27-23(30)32-24(5,6)7/h8-12,14-15,17,20H,13H2,1-7H3,(H,25,28)(H,26,29)(H,27,30). The second kappa shape index (κ2) is 10.5. The molecule has 1 aromatic heterocycles. The number of amides is 3. The molecule has 0 spiro atoms. The molecule has 2 rings (SSSR count). The fraction of sp³-hybridized carbons (Fsp3) is 0.542. The normalized spacial score (nSPS) is 13.7. The summed E-state index contributed by atoms with van der Waals surface area (Å²) in [4.78, 5) is 37.6. The molecule has 0 saturated carbocycles. The van der Waals surface area contributed by atoms with Crippen molar-refractivity contribution in [2.75, 3.05) is 6.54 Å². The summed E-state index contributed by atoms with van der Waals surface area (Å²) in [6, 6.07) is 7.97. The number of benzene rings is 1. The average molecular weight is 446 g/mol. The number of nitrogens with one attached hydrogen (secondary N) is 3.